The third-order valence-corrected chi connectivity index (χ3v) is 3.80. The number of rotatable bonds is 6. The van der Waals surface area contributed by atoms with Gasteiger partial charge in [0.15, 0.2) is 10.9 Å². The van der Waals surface area contributed by atoms with Crippen LogP contribution in [0.2, 0.25) is 0 Å². The molecule has 0 fully saturated rings. The summed E-state index contributed by atoms with van der Waals surface area (Å²) in [6, 6.07) is 2.25. The van der Waals surface area contributed by atoms with Gasteiger partial charge in [0.2, 0.25) is 0 Å². The van der Waals surface area contributed by atoms with E-state index < -0.39 is 17.9 Å². The van der Waals surface area contributed by atoms with E-state index in [-0.39, 0.29) is 5.76 Å². The molecule has 0 unspecified atom stereocenters. The Morgan fingerprint density at radius 3 is 2.90 bits per heavy atom. The first kappa shape index (κ1) is 15.2. The molecule has 0 aliphatic rings. The molecule has 1 amide bonds. The second-order valence-corrected chi connectivity index (χ2v) is 5.35. The van der Waals surface area contributed by atoms with Crippen LogP contribution >= 0.6 is 11.8 Å². The van der Waals surface area contributed by atoms with Gasteiger partial charge >= 0.3 is 5.97 Å². The molecule has 112 valence electrons. The molecular formula is C13H15N3O4S. The van der Waals surface area contributed by atoms with Crippen LogP contribution in [0.1, 0.15) is 23.2 Å². The highest BCUT2D eigenvalue weighted by atomic mass is 32.2. The first-order valence-electron chi connectivity index (χ1n) is 6.20. The van der Waals surface area contributed by atoms with Crippen molar-refractivity contribution in [1.29, 1.82) is 0 Å². The largest absolute Gasteiger partial charge is 0.480 e. The molecule has 0 aliphatic carbocycles. The van der Waals surface area contributed by atoms with E-state index in [9.17, 15) is 9.59 Å². The van der Waals surface area contributed by atoms with Gasteiger partial charge in [-0.05, 0) is 19.1 Å². The van der Waals surface area contributed by atoms with Crippen molar-refractivity contribution in [2.24, 2.45) is 7.05 Å². The number of aromatic nitrogens is 2. The molecular weight excluding hydrogens is 294 g/mol. The van der Waals surface area contributed by atoms with E-state index >= 15 is 0 Å². The van der Waals surface area contributed by atoms with Gasteiger partial charge in [-0.25, -0.2) is 4.98 Å². The topological polar surface area (TPSA) is 97.4 Å². The number of amides is 1. The van der Waals surface area contributed by atoms with Crippen molar-refractivity contribution < 1.29 is 19.1 Å². The van der Waals surface area contributed by atoms with Gasteiger partial charge in [0, 0.05) is 19.4 Å². The van der Waals surface area contributed by atoms with Gasteiger partial charge in [0.1, 0.15) is 11.8 Å². The summed E-state index contributed by atoms with van der Waals surface area (Å²) in [5.41, 5.74) is 0. The lowest BCUT2D eigenvalue weighted by Crippen LogP contribution is -2.38. The normalized spacial score (nSPS) is 12.1. The smallest absolute Gasteiger partial charge is 0.325 e. The number of imidazole rings is 1. The number of carbonyl (C=O) groups excluding carboxylic acids is 1. The summed E-state index contributed by atoms with van der Waals surface area (Å²) in [5.74, 6) is -0.389. The maximum Gasteiger partial charge on any atom is 0.325 e. The fourth-order valence-corrected chi connectivity index (χ4v) is 2.36. The van der Waals surface area contributed by atoms with Crippen LogP contribution in [0.5, 0.6) is 0 Å². The Hall–Kier alpha value is -2.22. The molecule has 2 aromatic rings. The number of aryl methyl sites for hydroxylation is 1. The summed E-state index contributed by atoms with van der Waals surface area (Å²) in [6.07, 6.45) is 3.55. The number of hydrogen-bond donors (Lipinski definition) is 2. The molecule has 0 spiro atoms. The predicted octanol–water partition coefficient (Wildman–Crippen LogP) is 1.51. The Kier molecular flexibility index (Phi) is 4.69. The van der Waals surface area contributed by atoms with Crippen LogP contribution in [0.15, 0.2) is 34.1 Å². The zero-order valence-electron chi connectivity index (χ0n) is 11.6. The van der Waals surface area contributed by atoms with E-state index in [0.717, 1.165) is 5.16 Å². The molecule has 0 aromatic carbocycles. The molecule has 21 heavy (non-hydrogen) atoms. The second-order valence-electron chi connectivity index (χ2n) is 4.41. The number of nitrogens with zero attached hydrogens (tertiary/aromatic N) is 2. The molecule has 2 rings (SSSR count). The molecule has 0 saturated heterocycles. The molecule has 2 heterocycles. The first-order chi connectivity index (χ1) is 9.97. The average molecular weight is 309 g/mol. The highest BCUT2D eigenvalue weighted by molar-refractivity contribution is 7.98. The number of carbonyl (C=O) groups is 2. The Balaban J connectivity index is 1.93. The van der Waals surface area contributed by atoms with Gasteiger partial charge in [0.05, 0.1) is 5.75 Å². The highest BCUT2D eigenvalue weighted by Gasteiger charge is 2.18. The van der Waals surface area contributed by atoms with Gasteiger partial charge in [-0.2, -0.15) is 0 Å². The van der Waals surface area contributed by atoms with Crippen LogP contribution in [-0.4, -0.2) is 32.6 Å². The van der Waals surface area contributed by atoms with E-state index in [2.05, 4.69) is 10.3 Å². The summed E-state index contributed by atoms with van der Waals surface area (Å²) in [4.78, 5) is 26.6. The number of aliphatic carboxylic acids is 1. The lowest BCUT2D eigenvalue weighted by atomic mass is 10.3. The van der Waals surface area contributed by atoms with Crippen molar-refractivity contribution in [3.63, 3.8) is 0 Å². The molecule has 0 saturated carbocycles. The maximum absolute atomic E-state index is 11.8. The summed E-state index contributed by atoms with van der Waals surface area (Å²) >= 11 is 1.48. The summed E-state index contributed by atoms with van der Waals surface area (Å²) < 4.78 is 7.29. The second kappa shape index (κ2) is 6.49. The zero-order chi connectivity index (χ0) is 15.4. The lowest BCUT2D eigenvalue weighted by Gasteiger charge is -2.06. The number of furan rings is 1. The third-order valence-electron chi connectivity index (χ3n) is 2.72. The lowest BCUT2D eigenvalue weighted by molar-refractivity contribution is -0.138. The van der Waals surface area contributed by atoms with Crippen LogP contribution in [-0.2, 0) is 17.6 Å². The summed E-state index contributed by atoms with van der Waals surface area (Å²) in [7, 11) is 1.89. The van der Waals surface area contributed by atoms with Gasteiger partial charge in [0.25, 0.3) is 5.91 Å². The fourth-order valence-electron chi connectivity index (χ4n) is 1.53. The molecule has 1 atom stereocenters. The van der Waals surface area contributed by atoms with Gasteiger partial charge in [-0.15, -0.1) is 0 Å². The van der Waals surface area contributed by atoms with Crippen molar-refractivity contribution in [1.82, 2.24) is 14.9 Å². The Morgan fingerprint density at radius 1 is 1.52 bits per heavy atom. The molecule has 2 aromatic heterocycles. The minimum Gasteiger partial charge on any atom is -0.480 e. The van der Waals surface area contributed by atoms with E-state index in [0.29, 0.717) is 11.5 Å². The minimum atomic E-state index is -1.10. The van der Waals surface area contributed by atoms with Crippen LogP contribution in [0, 0.1) is 0 Å². The summed E-state index contributed by atoms with van der Waals surface area (Å²) in [5, 5.41) is 11.9. The fraction of sp³-hybridized carbons (Fsp3) is 0.308. The predicted molar refractivity (Wildman–Crippen MR) is 76.0 cm³/mol. The molecule has 7 nitrogen and oxygen atoms in total. The highest BCUT2D eigenvalue weighted by Crippen LogP contribution is 2.21. The van der Waals surface area contributed by atoms with Crippen molar-refractivity contribution in [2.75, 3.05) is 0 Å². The molecule has 0 radical (unpaired) electrons. The van der Waals surface area contributed by atoms with Crippen LogP contribution in [0.4, 0.5) is 0 Å². The van der Waals surface area contributed by atoms with Crippen molar-refractivity contribution >= 4 is 23.6 Å². The SMILES string of the molecule is C[C@H](NC(=O)c1ccc(CSc2nccn2C)o1)C(=O)O. The van der Waals surface area contributed by atoms with Crippen LogP contribution in [0.3, 0.4) is 0 Å². The van der Waals surface area contributed by atoms with Crippen LogP contribution < -0.4 is 5.32 Å². The Morgan fingerprint density at radius 2 is 2.29 bits per heavy atom. The number of thioether (sulfide) groups is 1. The van der Waals surface area contributed by atoms with E-state index in [1.165, 1.54) is 24.8 Å². The number of nitrogens with one attached hydrogen (secondary N) is 1. The maximum atomic E-state index is 11.8. The van der Waals surface area contributed by atoms with Gasteiger partial charge in [-0.1, -0.05) is 11.8 Å². The van der Waals surface area contributed by atoms with Crippen LogP contribution in [0.25, 0.3) is 0 Å². The van der Waals surface area contributed by atoms with Gasteiger partial charge in [-0.3, -0.25) is 9.59 Å². The van der Waals surface area contributed by atoms with Crippen molar-refractivity contribution in [2.45, 2.75) is 23.9 Å². The van der Waals surface area contributed by atoms with E-state index in [1.807, 2.05) is 17.8 Å². The van der Waals surface area contributed by atoms with Crippen molar-refractivity contribution in [3.05, 3.63) is 36.0 Å². The molecule has 0 bridgehead atoms. The van der Waals surface area contributed by atoms with E-state index in [4.69, 9.17) is 9.52 Å². The average Bonchev–Trinajstić information content (AvgIpc) is 3.05. The molecule has 2 N–H and O–H groups in total. The Bertz CT molecular complexity index is 649. The first-order valence-corrected chi connectivity index (χ1v) is 7.18. The molecule has 8 heteroatoms. The standard InChI is InChI=1S/C13H15N3O4S/c1-8(12(18)19)15-11(17)10-4-3-9(20-10)7-21-13-14-5-6-16(13)2/h3-6,8H,7H2,1-2H3,(H,15,17)(H,18,19)/t8-/m0/s1. The number of hydrogen-bond acceptors (Lipinski definition) is 5. The minimum absolute atomic E-state index is 0.0959. The third kappa shape index (κ3) is 3.88. The van der Waals surface area contributed by atoms with Crippen molar-refractivity contribution in [3.8, 4) is 0 Å². The number of carboxylic acid groups (broad SMARTS) is 1. The Labute approximate surface area is 125 Å². The van der Waals surface area contributed by atoms with Gasteiger partial charge < -0.3 is 19.4 Å². The zero-order valence-corrected chi connectivity index (χ0v) is 12.4. The number of carboxylic acids is 1. The monoisotopic (exact) mass is 309 g/mol. The van der Waals surface area contributed by atoms with E-state index in [1.54, 1.807) is 12.3 Å². The molecule has 0 aliphatic heterocycles. The quantitative estimate of drug-likeness (QED) is 0.785. The summed E-state index contributed by atoms with van der Waals surface area (Å²) in [6.45, 7) is 1.39.